The first-order chi connectivity index (χ1) is 45.6. The van der Waals surface area contributed by atoms with Crippen molar-refractivity contribution in [1.82, 2.24) is 19.6 Å². The molecule has 1 rings (SSSR count). The van der Waals surface area contributed by atoms with Gasteiger partial charge in [-0.3, -0.25) is 24.6 Å². The van der Waals surface area contributed by atoms with Gasteiger partial charge in [-0.2, -0.15) is 0 Å². The summed E-state index contributed by atoms with van der Waals surface area (Å²) >= 11 is 0. The van der Waals surface area contributed by atoms with Crippen LogP contribution in [0.25, 0.3) is 0 Å². The zero-order valence-corrected chi connectivity index (χ0v) is 62.6. The van der Waals surface area contributed by atoms with Crippen molar-refractivity contribution < 1.29 is 57.6 Å². The molecule has 0 saturated carbocycles. The van der Waals surface area contributed by atoms with Gasteiger partial charge in [-0.1, -0.05) is 212 Å². The first kappa shape index (κ1) is 92.0. The number of benzene rings is 1. The minimum Gasteiger partial charge on any atom is -0.465 e. The molecule has 552 valence electrons. The molecule has 94 heavy (non-hydrogen) atoms. The van der Waals surface area contributed by atoms with E-state index in [0.29, 0.717) is 83.1 Å². The molecule has 0 aliphatic rings. The monoisotopic (exact) mass is 1340 g/mol. The minimum atomic E-state index is -0.841. The van der Waals surface area contributed by atoms with Gasteiger partial charge in [-0.15, -0.1) is 0 Å². The number of unbranched alkanes of at least 4 members (excludes halogenated alkanes) is 16. The van der Waals surface area contributed by atoms with Gasteiger partial charge in [0.25, 0.3) is 5.69 Å². The number of non-ortho nitro benzene ring substituents is 1. The van der Waals surface area contributed by atoms with E-state index in [1.54, 1.807) is 0 Å². The first-order valence-corrected chi connectivity index (χ1v) is 38.4. The predicted octanol–water partition coefficient (Wildman–Crippen LogP) is 19.0. The molecule has 18 heteroatoms. The molecule has 18 nitrogen and oxygen atoms in total. The highest BCUT2D eigenvalue weighted by Gasteiger charge is 2.21. The zero-order chi connectivity index (χ0) is 70.1. The van der Waals surface area contributed by atoms with E-state index in [2.05, 4.69) is 103 Å². The molecule has 1 aromatic carbocycles. The zero-order valence-electron chi connectivity index (χ0n) is 62.6. The van der Waals surface area contributed by atoms with Gasteiger partial charge in [0.1, 0.15) is 24.6 Å². The van der Waals surface area contributed by atoms with E-state index in [9.17, 15) is 29.3 Å². The Labute approximate surface area is 575 Å². The number of aliphatic hydroxyl groups excluding tert-OH is 1. The van der Waals surface area contributed by atoms with Crippen LogP contribution in [0.3, 0.4) is 0 Å². The van der Waals surface area contributed by atoms with Crippen molar-refractivity contribution in [2.24, 2.45) is 11.8 Å². The van der Waals surface area contributed by atoms with Gasteiger partial charge in [0, 0.05) is 64.2 Å². The summed E-state index contributed by atoms with van der Waals surface area (Å²) in [5, 5.41) is 19.6. The summed E-state index contributed by atoms with van der Waals surface area (Å²) in [4.78, 5) is 69.6. The number of nitro groups is 1. The van der Waals surface area contributed by atoms with E-state index in [1.165, 1.54) is 114 Å². The van der Waals surface area contributed by atoms with E-state index in [0.717, 1.165) is 155 Å². The van der Waals surface area contributed by atoms with Crippen molar-refractivity contribution >= 4 is 29.9 Å². The van der Waals surface area contributed by atoms with Gasteiger partial charge >= 0.3 is 24.2 Å². The fourth-order valence-electron chi connectivity index (χ4n) is 11.3. The van der Waals surface area contributed by atoms with Crippen molar-refractivity contribution in [3.05, 3.63) is 34.4 Å². The van der Waals surface area contributed by atoms with Gasteiger partial charge in [-0.25, -0.2) is 9.59 Å². The van der Waals surface area contributed by atoms with Crippen molar-refractivity contribution in [3.8, 4) is 5.75 Å². The number of carbonyl (C=O) groups excluding carboxylic acids is 4. The van der Waals surface area contributed by atoms with Gasteiger partial charge in [0.05, 0.1) is 24.7 Å². The predicted molar refractivity (Wildman–Crippen MR) is 387 cm³/mol. The highest BCUT2D eigenvalue weighted by Crippen LogP contribution is 2.23. The summed E-state index contributed by atoms with van der Waals surface area (Å²) in [6.45, 7) is 39.8. The van der Waals surface area contributed by atoms with Crippen LogP contribution in [0.2, 0.25) is 0 Å². The summed E-state index contributed by atoms with van der Waals surface area (Å²) in [5.41, 5.74) is -0.0827. The number of carbonyl (C=O) groups is 4. The fraction of sp³-hybridized carbons (Fsp3) is 0.868. The molecule has 0 bridgehead atoms. The van der Waals surface area contributed by atoms with E-state index >= 15 is 0 Å². The van der Waals surface area contributed by atoms with Crippen LogP contribution in [-0.2, 0) is 33.3 Å². The standard InChI is InChI=1S/C35H70N2O5.C31H51NO7.C10H24N2O/c1-7-13-16-18-20-24-33(42-35(39)40-30-29-37(12-6)28-27-36(10-4)11-5)25-21-26-34(38)41-31-32(22-15-9-3)23-19-17-14-8-2;1-4-7-10-12-14-18-28(38-31(34)39-29-23-21-27(22-24-29)32(35)36)19-15-20-30(33)37-25-26(16-9-6-3)17-13-11-8-5-2;1-4-11(5-2)7-8-12(6-3)9-10-13/h32-33H,7-31H2,1-6H3;21-24,26,28H,4-20,25H2,1-3H3;13H,4-10H2,1-3H3. The summed E-state index contributed by atoms with van der Waals surface area (Å²) in [7, 11) is 0. The Morgan fingerprint density at radius 1 is 0.404 bits per heavy atom. The minimum absolute atomic E-state index is 0.0827. The highest BCUT2D eigenvalue weighted by atomic mass is 16.7. The third-order valence-corrected chi connectivity index (χ3v) is 17.9. The summed E-state index contributed by atoms with van der Waals surface area (Å²) in [5.74, 6) is 0.766. The summed E-state index contributed by atoms with van der Waals surface area (Å²) in [6.07, 6.45) is 33.0. The van der Waals surface area contributed by atoms with E-state index in [-0.39, 0.29) is 42.2 Å². The number of esters is 2. The molecule has 4 atom stereocenters. The number of hydrogen-bond donors (Lipinski definition) is 1. The Kier molecular flexibility index (Phi) is 66.0. The van der Waals surface area contributed by atoms with Crippen LogP contribution < -0.4 is 4.74 Å². The van der Waals surface area contributed by atoms with Crippen molar-refractivity contribution in [3.63, 3.8) is 0 Å². The molecule has 0 aliphatic heterocycles. The van der Waals surface area contributed by atoms with Crippen LogP contribution in [0, 0.1) is 22.0 Å². The van der Waals surface area contributed by atoms with Crippen molar-refractivity contribution in [1.29, 1.82) is 0 Å². The average Bonchev–Trinajstić information content (AvgIpc) is 1.60. The second-order valence-electron chi connectivity index (χ2n) is 25.6. The topological polar surface area (TPSA) is 200 Å². The average molecular weight is 1340 g/mol. The molecule has 0 fully saturated rings. The van der Waals surface area contributed by atoms with E-state index in [4.69, 9.17) is 33.5 Å². The third kappa shape index (κ3) is 56.0. The summed E-state index contributed by atoms with van der Waals surface area (Å²) < 4.78 is 33.4. The lowest BCUT2D eigenvalue weighted by molar-refractivity contribution is -0.384. The lowest BCUT2D eigenvalue weighted by atomic mass is 9.96. The Balaban J connectivity index is 0. The number of nitrogens with zero attached hydrogens (tertiary/aromatic N) is 5. The Morgan fingerprint density at radius 3 is 1.13 bits per heavy atom. The van der Waals surface area contributed by atoms with Gasteiger partial charge in [-0.05, 0) is 140 Å². The molecule has 0 aliphatic carbocycles. The number of aliphatic hydroxyl groups is 1. The third-order valence-electron chi connectivity index (χ3n) is 17.9. The van der Waals surface area contributed by atoms with Gasteiger partial charge in [0.2, 0.25) is 0 Å². The smallest absolute Gasteiger partial charge is 0.465 e. The normalized spacial score (nSPS) is 12.6. The molecule has 0 heterocycles. The first-order valence-electron chi connectivity index (χ1n) is 38.4. The van der Waals surface area contributed by atoms with Crippen molar-refractivity contribution in [2.45, 2.75) is 314 Å². The van der Waals surface area contributed by atoms with Crippen LogP contribution >= 0.6 is 0 Å². The molecule has 1 aromatic rings. The maximum Gasteiger partial charge on any atom is 0.514 e. The number of likely N-dealkylation sites (N-methyl/N-ethyl adjacent to an activating group) is 4. The fourth-order valence-corrected chi connectivity index (χ4v) is 11.3. The lowest BCUT2D eigenvalue weighted by Crippen LogP contribution is -2.37. The Morgan fingerprint density at radius 2 is 0.745 bits per heavy atom. The molecule has 0 aromatic heterocycles. The van der Waals surface area contributed by atoms with Crippen LogP contribution in [0.15, 0.2) is 24.3 Å². The highest BCUT2D eigenvalue weighted by molar-refractivity contribution is 5.69. The maximum absolute atomic E-state index is 12.5. The van der Waals surface area contributed by atoms with Crippen LogP contribution in [0.4, 0.5) is 15.3 Å². The maximum atomic E-state index is 12.5. The number of hydrogen-bond acceptors (Lipinski definition) is 17. The SMILES string of the molecule is CCCCCCCC(CCCC(=O)OCC(CCCC)CCCCCC)OC(=O)OCCN(CC)CCN(CC)CC.CCCCCCCC(CCCC(=O)OCC(CCCC)CCCCCC)OC(=O)Oc1ccc([N+](=O)[O-])cc1.CCN(CC)CCN(CC)CCO. The van der Waals surface area contributed by atoms with E-state index < -0.39 is 17.2 Å². The molecule has 0 saturated heterocycles. The van der Waals surface area contributed by atoms with Gasteiger partial charge in [0.15, 0.2) is 0 Å². The van der Waals surface area contributed by atoms with Gasteiger partial charge < -0.3 is 48.2 Å². The Hall–Kier alpha value is -4.10. The summed E-state index contributed by atoms with van der Waals surface area (Å²) in [6, 6.07) is 5.29. The molecule has 4 unspecified atom stereocenters. The second-order valence-corrected chi connectivity index (χ2v) is 25.6. The molecule has 0 amide bonds. The largest absolute Gasteiger partial charge is 0.514 e. The molecule has 1 N–H and O–H groups in total. The lowest BCUT2D eigenvalue weighted by Gasteiger charge is -2.25. The number of nitro benzene ring substituents is 1. The Bertz CT molecular complexity index is 1880. The molecular formula is C76H145N5O13. The van der Waals surface area contributed by atoms with Crippen LogP contribution in [-0.4, -0.2) is 171 Å². The number of ether oxygens (including phenoxy) is 6. The quantitative estimate of drug-likeness (QED) is 0.0161. The molecular weight excluding hydrogens is 1190 g/mol. The second kappa shape index (κ2) is 67.5. The number of rotatable bonds is 61. The van der Waals surface area contributed by atoms with Crippen LogP contribution in [0.1, 0.15) is 301 Å². The molecule has 0 radical (unpaired) electrons. The van der Waals surface area contributed by atoms with Crippen LogP contribution in [0.5, 0.6) is 5.75 Å². The van der Waals surface area contributed by atoms with Crippen molar-refractivity contribution in [2.75, 3.05) is 105 Å². The van der Waals surface area contributed by atoms with E-state index in [1.807, 2.05) is 0 Å². The molecule has 0 spiro atoms.